The Bertz CT molecular complexity index is 1450. The smallest absolute Gasteiger partial charge is 0.261 e. The third-order valence-electron chi connectivity index (χ3n) is 7.43. The zero-order valence-corrected chi connectivity index (χ0v) is 24.0. The number of hydrogen-bond acceptors (Lipinski definition) is 6. The van der Waals surface area contributed by atoms with E-state index in [0.717, 1.165) is 12.0 Å². The van der Waals surface area contributed by atoms with Gasteiger partial charge in [-0.05, 0) is 15.4 Å². The summed E-state index contributed by atoms with van der Waals surface area (Å²) in [6.45, 7) is 8.98. The fourth-order valence-electron chi connectivity index (χ4n) is 5.61. The SMILES string of the molecule is CCC#Cc1cn(C2CC(O)C(CO[Si](c3ccccc3)(c3ccccc3)C(C)(C)C)O2)c2ncnc(N)c12. The van der Waals surface area contributed by atoms with Gasteiger partial charge in [-0.25, -0.2) is 9.97 Å². The van der Waals surface area contributed by atoms with Crippen LogP contribution in [0.5, 0.6) is 0 Å². The van der Waals surface area contributed by atoms with Crippen LogP contribution < -0.4 is 16.1 Å². The molecule has 0 radical (unpaired) electrons. The van der Waals surface area contributed by atoms with E-state index in [1.807, 2.05) is 29.8 Å². The topological polar surface area (TPSA) is 95.4 Å². The monoisotopic (exact) mass is 540 g/mol. The van der Waals surface area contributed by atoms with Gasteiger partial charge in [0.1, 0.15) is 30.1 Å². The lowest BCUT2D eigenvalue weighted by atomic mass is 10.2. The Hall–Kier alpha value is -3.48. The summed E-state index contributed by atoms with van der Waals surface area (Å²) in [7, 11) is -2.76. The highest BCUT2D eigenvalue weighted by molar-refractivity contribution is 6.99. The molecule has 0 saturated carbocycles. The van der Waals surface area contributed by atoms with Gasteiger partial charge < -0.3 is 24.6 Å². The maximum atomic E-state index is 11.1. The van der Waals surface area contributed by atoms with Crippen molar-refractivity contribution in [3.05, 3.63) is 78.8 Å². The highest BCUT2D eigenvalue weighted by atomic mass is 28.4. The maximum Gasteiger partial charge on any atom is 0.261 e. The summed E-state index contributed by atoms with van der Waals surface area (Å²) in [5, 5.41) is 14.1. The molecule has 3 heterocycles. The van der Waals surface area contributed by atoms with Crippen LogP contribution in [0.2, 0.25) is 5.04 Å². The minimum atomic E-state index is -2.76. The van der Waals surface area contributed by atoms with Crippen LogP contribution in [0.25, 0.3) is 11.0 Å². The van der Waals surface area contributed by atoms with Crippen LogP contribution in [-0.2, 0) is 9.16 Å². The largest absolute Gasteiger partial charge is 0.405 e. The van der Waals surface area contributed by atoms with Crippen molar-refractivity contribution in [2.24, 2.45) is 0 Å². The molecule has 1 aliphatic rings. The molecule has 2 aromatic heterocycles. The standard InChI is InChI=1S/C31H36N4O3Si/c1-5-6-13-22-19-35(30-28(22)29(32)33-21-34-30)27-18-25(36)26(38-27)20-37-39(31(2,3)4,23-14-9-7-10-15-23)24-16-11-8-12-17-24/h7-12,14-17,19,21,25-27,36H,5,18,20H2,1-4H3,(H2,32,33,34). The molecule has 1 aliphatic heterocycles. The van der Waals surface area contributed by atoms with Gasteiger partial charge in [0.2, 0.25) is 0 Å². The number of rotatable bonds is 6. The average molecular weight is 541 g/mol. The van der Waals surface area contributed by atoms with Crippen LogP contribution in [0.3, 0.4) is 0 Å². The number of hydrogen-bond donors (Lipinski definition) is 2. The third kappa shape index (κ3) is 4.99. The zero-order chi connectivity index (χ0) is 27.6. The van der Waals surface area contributed by atoms with Gasteiger partial charge in [0.25, 0.3) is 8.32 Å². The first-order valence-corrected chi connectivity index (χ1v) is 15.4. The van der Waals surface area contributed by atoms with Gasteiger partial charge in [0.15, 0.2) is 0 Å². The van der Waals surface area contributed by atoms with E-state index in [2.05, 4.69) is 91.1 Å². The van der Waals surface area contributed by atoms with Crippen LogP contribution in [-0.4, -0.2) is 46.8 Å². The summed E-state index contributed by atoms with van der Waals surface area (Å²) < 4.78 is 15.4. The first-order valence-electron chi connectivity index (χ1n) is 13.4. The molecule has 3 unspecified atom stereocenters. The van der Waals surface area contributed by atoms with E-state index in [-0.39, 0.29) is 11.6 Å². The van der Waals surface area contributed by atoms with Crippen LogP contribution in [0, 0.1) is 11.8 Å². The second-order valence-corrected chi connectivity index (χ2v) is 15.3. The van der Waals surface area contributed by atoms with Gasteiger partial charge in [-0.1, -0.05) is 100 Å². The molecule has 7 nitrogen and oxygen atoms in total. The predicted molar refractivity (Wildman–Crippen MR) is 157 cm³/mol. The Morgan fingerprint density at radius 2 is 1.72 bits per heavy atom. The molecule has 202 valence electrons. The number of nitrogens with two attached hydrogens (primary N) is 1. The van der Waals surface area contributed by atoms with Gasteiger partial charge in [-0.15, -0.1) is 0 Å². The minimum absolute atomic E-state index is 0.170. The fourth-order valence-corrected chi connectivity index (χ4v) is 10.2. The van der Waals surface area contributed by atoms with E-state index in [9.17, 15) is 5.11 Å². The fraction of sp³-hybridized carbons (Fsp3) is 0.355. The first kappa shape index (κ1) is 27.1. The van der Waals surface area contributed by atoms with Gasteiger partial charge in [0.05, 0.1) is 23.7 Å². The Kier molecular flexibility index (Phi) is 7.61. The summed E-state index contributed by atoms with van der Waals surface area (Å²) in [6, 6.07) is 21.0. The number of ether oxygens (including phenoxy) is 1. The minimum Gasteiger partial charge on any atom is -0.405 e. The second-order valence-electron chi connectivity index (χ2n) is 11.0. The van der Waals surface area contributed by atoms with Gasteiger partial charge in [-0.2, -0.15) is 0 Å². The molecule has 0 aliphatic carbocycles. The van der Waals surface area contributed by atoms with Crippen molar-refractivity contribution in [3.63, 3.8) is 0 Å². The highest BCUT2D eigenvalue weighted by Crippen LogP contribution is 2.39. The number of nitrogen functional groups attached to an aromatic ring is 1. The Morgan fingerprint density at radius 1 is 1.08 bits per heavy atom. The summed E-state index contributed by atoms with van der Waals surface area (Å²) in [5.74, 6) is 6.66. The molecule has 2 aromatic carbocycles. The molecule has 1 fully saturated rings. The van der Waals surface area contributed by atoms with Crippen molar-refractivity contribution in [1.82, 2.24) is 14.5 Å². The molecule has 3 atom stereocenters. The van der Waals surface area contributed by atoms with Gasteiger partial charge in [-0.3, -0.25) is 0 Å². The molecule has 0 spiro atoms. The van der Waals surface area contributed by atoms with Gasteiger partial charge in [0, 0.05) is 19.0 Å². The van der Waals surface area contributed by atoms with Crippen molar-refractivity contribution < 1.29 is 14.3 Å². The predicted octanol–water partition coefficient (Wildman–Crippen LogP) is 4.00. The maximum absolute atomic E-state index is 11.1. The molecule has 5 rings (SSSR count). The first-order chi connectivity index (χ1) is 18.8. The molecule has 1 saturated heterocycles. The quantitative estimate of drug-likeness (QED) is 0.284. The lowest BCUT2D eigenvalue weighted by Gasteiger charge is -2.43. The van der Waals surface area contributed by atoms with Crippen LogP contribution in [0.4, 0.5) is 5.82 Å². The van der Waals surface area contributed by atoms with E-state index in [4.69, 9.17) is 14.9 Å². The lowest BCUT2D eigenvalue weighted by molar-refractivity contribution is -0.0397. The van der Waals surface area contributed by atoms with Crippen molar-refractivity contribution in [2.45, 2.75) is 64.0 Å². The van der Waals surface area contributed by atoms with E-state index < -0.39 is 26.8 Å². The number of benzene rings is 2. The van der Waals surface area contributed by atoms with Crippen molar-refractivity contribution in [2.75, 3.05) is 12.3 Å². The molecule has 8 heteroatoms. The highest BCUT2D eigenvalue weighted by Gasteiger charge is 2.51. The summed E-state index contributed by atoms with van der Waals surface area (Å²) in [6.07, 6.45) is 2.85. The summed E-state index contributed by atoms with van der Waals surface area (Å²) in [4.78, 5) is 8.64. The van der Waals surface area contributed by atoms with Crippen molar-refractivity contribution in [1.29, 1.82) is 0 Å². The van der Waals surface area contributed by atoms with Crippen molar-refractivity contribution >= 4 is 35.5 Å². The lowest BCUT2D eigenvalue weighted by Crippen LogP contribution is -2.67. The molecule has 3 N–H and O–H groups in total. The van der Waals surface area contributed by atoms with E-state index in [1.165, 1.54) is 16.7 Å². The van der Waals surface area contributed by atoms with E-state index >= 15 is 0 Å². The normalized spacial score (nSPS) is 19.7. The summed E-state index contributed by atoms with van der Waals surface area (Å²) in [5.41, 5.74) is 7.61. The number of aliphatic hydroxyl groups is 1. The molecule has 0 bridgehead atoms. The van der Waals surface area contributed by atoms with Crippen molar-refractivity contribution in [3.8, 4) is 11.8 Å². The van der Waals surface area contributed by atoms with Crippen LogP contribution >= 0.6 is 0 Å². The van der Waals surface area contributed by atoms with E-state index in [0.29, 0.717) is 23.3 Å². The summed E-state index contributed by atoms with van der Waals surface area (Å²) >= 11 is 0. The molecule has 4 aromatic rings. The molecule has 39 heavy (non-hydrogen) atoms. The molecular formula is C31H36N4O3Si. The Balaban J connectivity index is 1.47. The third-order valence-corrected chi connectivity index (χ3v) is 12.4. The van der Waals surface area contributed by atoms with E-state index in [1.54, 1.807) is 0 Å². The average Bonchev–Trinajstić information content (AvgIpc) is 3.49. The number of anilines is 1. The molecule has 0 amide bonds. The Morgan fingerprint density at radius 3 is 2.31 bits per heavy atom. The number of aromatic nitrogens is 3. The number of nitrogens with zero attached hydrogens (tertiary/aromatic N) is 3. The molecular weight excluding hydrogens is 504 g/mol. The second kappa shape index (κ2) is 10.9. The van der Waals surface area contributed by atoms with Gasteiger partial charge >= 0.3 is 0 Å². The van der Waals surface area contributed by atoms with Crippen LogP contribution in [0.1, 0.15) is 52.3 Å². The number of aliphatic hydroxyl groups excluding tert-OH is 1. The van der Waals surface area contributed by atoms with Crippen LogP contribution in [0.15, 0.2) is 73.2 Å². The zero-order valence-electron chi connectivity index (χ0n) is 23.0. The Labute approximate surface area is 231 Å². The number of fused-ring (bicyclic) bond motifs is 1.